The number of hydrogen-bond acceptors (Lipinski definition) is 5. The fourth-order valence-electron chi connectivity index (χ4n) is 3.40. The molecule has 2 aromatic carbocycles. The van der Waals surface area contributed by atoms with Gasteiger partial charge in [-0.1, -0.05) is 44.2 Å². The topological polar surface area (TPSA) is 98.4 Å². The second-order valence-electron chi connectivity index (χ2n) is 8.37. The van der Waals surface area contributed by atoms with Gasteiger partial charge in [0.1, 0.15) is 18.1 Å². The molecule has 8 heteroatoms. The summed E-state index contributed by atoms with van der Waals surface area (Å²) in [6.07, 6.45) is 1.63. The molecule has 0 aliphatic heterocycles. The molecule has 2 heterocycles. The van der Waals surface area contributed by atoms with E-state index in [2.05, 4.69) is 15.7 Å². The van der Waals surface area contributed by atoms with Crippen LogP contribution in [0.2, 0.25) is 0 Å². The number of carbonyl (C=O) groups excluding carboxylic acids is 2. The maximum absolute atomic E-state index is 12.8. The summed E-state index contributed by atoms with van der Waals surface area (Å²) in [4.78, 5) is 25.3. The van der Waals surface area contributed by atoms with E-state index in [0.717, 1.165) is 10.8 Å². The van der Waals surface area contributed by atoms with Crippen LogP contribution in [0.15, 0.2) is 65.2 Å². The van der Waals surface area contributed by atoms with Crippen LogP contribution < -0.4 is 15.4 Å². The third-order valence-corrected chi connectivity index (χ3v) is 5.21. The van der Waals surface area contributed by atoms with Gasteiger partial charge >= 0.3 is 0 Å². The average molecular weight is 461 g/mol. The smallest absolute Gasteiger partial charge is 0.291 e. The van der Waals surface area contributed by atoms with Crippen LogP contribution in [0.25, 0.3) is 10.8 Å². The highest BCUT2D eigenvalue weighted by atomic mass is 16.5. The lowest BCUT2D eigenvalue weighted by Gasteiger charge is -2.07. The maximum Gasteiger partial charge on any atom is 0.291 e. The van der Waals surface area contributed by atoms with Gasteiger partial charge in [0, 0.05) is 19.3 Å². The molecule has 0 saturated heterocycles. The lowest BCUT2D eigenvalue weighted by molar-refractivity contribution is 0.0944. The van der Waals surface area contributed by atoms with Gasteiger partial charge in [0.2, 0.25) is 0 Å². The molecule has 0 radical (unpaired) electrons. The second-order valence-corrected chi connectivity index (χ2v) is 8.37. The first-order valence-electron chi connectivity index (χ1n) is 11.3. The highest BCUT2D eigenvalue weighted by Crippen LogP contribution is 2.22. The number of anilines is 1. The molecule has 0 unspecified atom stereocenters. The van der Waals surface area contributed by atoms with Crippen LogP contribution in [-0.2, 0) is 13.2 Å². The Bertz CT molecular complexity index is 1310. The molecule has 0 spiro atoms. The van der Waals surface area contributed by atoms with E-state index in [1.165, 1.54) is 0 Å². The zero-order chi connectivity index (χ0) is 24.1. The van der Waals surface area contributed by atoms with Crippen LogP contribution in [0, 0.1) is 5.92 Å². The number of carbonyl (C=O) groups is 2. The zero-order valence-electron chi connectivity index (χ0n) is 19.5. The molecule has 0 fully saturated rings. The van der Waals surface area contributed by atoms with Crippen molar-refractivity contribution in [2.75, 3.05) is 11.9 Å². The summed E-state index contributed by atoms with van der Waals surface area (Å²) in [5.41, 5.74) is 0.501. The lowest BCUT2D eigenvalue weighted by Crippen LogP contribution is -2.28. The Labute approximate surface area is 197 Å². The summed E-state index contributed by atoms with van der Waals surface area (Å²) in [6, 6.07) is 17.2. The Kier molecular flexibility index (Phi) is 6.96. The second kappa shape index (κ2) is 10.2. The molecular formula is C26H28N4O4. The lowest BCUT2D eigenvalue weighted by atomic mass is 10.1. The molecule has 0 aliphatic carbocycles. The molecule has 0 saturated carbocycles. The van der Waals surface area contributed by atoms with E-state index in [9.17, 15) is 9.59 Å². The van der Waals surface area contributed by atoms with Crippen molar-refractivity contribution < 1.29 is 18.7 Å². The fraction of sp³-hybridized carbons (Fsp3) is 0.269. The Balaban J connectivity index is 1.41. The van der Waals surface area contributed by atoms with Crippen LogP contribution in [0.5, 0.6) is 5.75 Å². The standard InChI is InChI=1S/C26H28N4O4/c1-4-30-15-22(24(29-30)26(32)27-14-17(2)3)28-25(31)23-12-11-21(34-23)16-33-20-10-9-18-7-5-6-8-19(18)13-20/h5-13,15,17H,4,14,16H2,1-3H3,(H,27,32)(H,28,31). The minimum Gasteiger partial charge on any atom is -0.486 e. The fourth-order valence-corrected chi connectivity index (χ4v) is 3.40. The van der Waals surface area contributed by atoms with Gasteiger partial charge in [0.05, 0.1) is 5.69 Å². The van der Waals surface area contributed by atoms with Gasteiger partial charge in [-0.05, 0) is 47.9 Å². The van der Waals surface area contributed by atoms with Gasteiger partial charge in [-0.15, -0.1) is 0 Å². The first-order chi connectivity index (χ1) is 16.4. The van der Waals surface area contributed by atoms with Crippen molar-refractivity contribution in [1.82, 2.24) is 15.1 Å². The molecule has 0 aliphatic rings. The van der Waals surface area contributed by atoms with Crippen molar-refractivity contribution >= 4 is 28.3 Å². The van der Waals surface area contributed by atoms with E-state index in [-0.39, 0.29) is 24.0 Å². The number of nitrogens with zero attached hydrogens (tertiary/aromatic N) is 2. The molecule has 2 aromatic heterocycles. The molecule has 0 atom stereocenters. The summed E-state index contributed by atoms with van der Waals surface area (Å²) in [5.74, 6) is 0.844. The van der Waals surface area contributed by atoms with Gasteiger partial charge in [0.15, 0.2) is 11.5 Å². The number of aromatic nitrogens is 2. The summed E-state index contributed by atoms with van der Waals surface area (Å²) >= 11 is 0. The number of aryl methyl sites for hydroxylation is 1. The van der Waals surface area contributed by atoms with Gasteiger partial charge in [0.25, 0.3) is 11.8 Å². The summed E-state index contributed by atoms with van der Waals surface area (Å²) in [7, 11) is 0. The number of ether oxygens (including phenoxy) is 1. The van der Waals surface area contributed by atoms with Crippen molar-refractivity contribution in [3.8, 4) is 5.75 Å². The first kappa shape index (κ1) is 23.1. The molecule has 2 amide bonds. The molecule has 34 heavy (non-hydrogen) atoms. The zero-order valence-corrected chi connectivity index (χ0v) is 19.5. The average Bonchev–Trinajstić information content (AvgIpc) is 3.48. The minimum atomic E-state index is -0.467. The van der Waals surface area contributed by atoms with Gasteiger partial charge in [-0.2, -0.15) is 5.10 Å². The van der Waals surface area contributed by atoms with Crippen LogP contribution in [-0.4, -0.2) is 28.1 Å². The van der Waals surface area contributed by atoms with E-state index in [1.54, 1.807) is 23.0 Å². The number of benzene rings is 2. The summed E-state index contributed by atoms with van der Waals surface area (Å²) in [6.45, 7) is 7.18. The SMILES string of the molecule is CCn1cc(NC(=O)c2ccc(COc3ccc4ccccc4c3)o2)c(C(=O)NCC(C)C)n1. The molecule has 176 valence electrons. The highest BCUT2D eigenvalue weighted by Gasteiger charge is 2.20. The third kappa shape index (κ3) is 5.46. The quantitative estimate of drug-likeness (QED) is 0.371. The number of nitrogens with one attached hydrogen (secondary N) is 2. The predicted octanol–water partition coefficient (Wildman–Crippen LogP) is 4.87. The minimum absolute atomic E-state index is 0.120. The van der Waals surface area contributed by atoms with Crippen LogP contribution in [0.1, 0.15) is 47.6 Å². The monoisotopic (exact) mass is 460 g/mol. The number of furan rings is 1. The van der Waals surface area contributed by atoms with Crippen LogP contribution in [0.3, 0.4) is 0 Å². The van der Waals surface area contributed by atoms with Crippen LogP contribution in [0.4, 0.5) is 5.69 Å². The van der Waals surface area contributed by atoms with Crippen LogP contribution >= 0.6 is 0 Å². The van der Waals surface area contributed by atoms with Crippen molar-refractivity contribution in [3.05, 3.63) is 78.0 Å². The predicted molar refractivity (Wildman–Crippen MR) is 130 cm³/mol. The Hall–Kier alpha value is -4.07. The summed E-state index contributed by atoms with van der Waals surface area (Å²) < 4.78 is 13.1. The summed E-state index contributed by atoms with van der Waals surface area (Å²) in [5, 5.41) is 12.1. The van der Waals surface area contributed by atoms with E-state index < -0.39 is 5.91 Å². The Morgan fingerprint density at radius 1 is 1.06 bits per heavy atom. The molecule has 0 bridgehead atoms. The maximum atomic E-state index is 12.8. The van der Waals surface area contributed by atoms with Crippen molar-refractivity contribution in [1.29, 1.82) is 0 Å². The number of amides is 2. The molecule has 4 aromatic rings. The number of rotatable bonds is 9. The highest BCUT2D eigenvalue weighted by molar-refractivity contribution is 6.07. The van der Waals surface area contributed by atoms with Crippen molar-refractivity contribution in [2.45, 2.75) is 33.9 Å². The van der Waals surface area contributed by atoms with Crippen molar-refractivity contribution in [3.63, 3.8) is 0 Å². The van der Waals surface area contributed by atoms with E-state index in [0.29, 0.717) is 36.2 Å². The van der Waals surface area contributed by atoms with Gasteiger partial charge < -0.3 is 19.8 Å². The van der Waals surface area contributed by atoms with Gasteiger partial charge in [-0.3, -0.25) is 14.3 Å². The largest absolute Gasteiger partial charge is 0.486 e. The van der Waals surface area contributed by atoms with Gasteiger partial charge in [-0.25, -0.2) is 0 Å². The van der Waals surface area contributed by atoms with E-state index in [1.807, 2.05) is 63.2 Å². The third-order valence-electron chi connectivity index (χ3n) is 5.21. The van der Waals surface area contributed by atoms with Crippen molar-refractivity contribution in [2.24, 2.45) is 5.92 Å². The number of fused-ring (bicyclic) bond motifs is 1. The molecule has 8 nitrogen and oxygen atoms in total. The normalized spacial score (nSPS) is 11.1. The molecule has 4 rings (SSSR count). The van der Waals surface area contributed by atoms with E-state index in [4.69, 9.17) is 9.15 Å². The molecule has 2 N–H and O–H groups in total. The first-order valence-corrected chi connectivity index (χ1v) is 11.3. The van der Waals surface area contributed by atoms with E-state index >= 15 is 0 Å². The Morgan fingerprint density at radius 3 is 2.62 bits per heavy atom. The molecular weight excluding hydrogens is 432 g/mol. The number of hydrogen-bond donors (Lipinski definition) is 2. The Morgan fingerprint density at radius 2 is 1.85 bits per heavy atom.